The fourth-order valence-electron chi connectivity index (χ4n) is 5.69. The van der Waals surface area contributed by atoms with Crippen LogP contribution in [0.15, 0.2) is 57.3 Å². The molecule has 2 heterocycles. The molecule has 2 aromatic rings. The van der Waals surface area contributed by atoms with Gasteiger partial charge in [0, 0.05) is 19.5 Å². The summed E-state index contributed by atoms with van der Waals surface area (Å²) in [5, 5.41) is 33.9. The summed E-state index contributed by atoms with van der Waals surface area (Å²) in [7, 11) is -4.05. The lowest BCUT2D eigenvalue weighted by molar-refractivity contribution is 0.0961. The first kappa shape index (κ1) is 30.6. The molecule has 2 atom stereocenters. The Morgan fingerprint density at radius 1 is 1.15 bits per heavy atom. The van der Waals surface area contributed by atoms with Crippen molar-refractivity contribution in [1.82, 2.24) is 4.31 Å². The molecule has 2 aliphatic rings. The van der Waals surface area contributed by atoms with Gasteiger partial charge in [-0.1, -0.05) is 63.2 Å². The lowest BCUT2D eigenvalue weighted by Gasteiger charge is -2.38. The molecule has 11 nitrogen and oxygen atoms in total. The molecule has 1 aliphatic heterocycles. The third-order valence-electron chi connectivity index (χ3n) is 7.65. The molecule has 0 radical (unpaired) electrons. The molecule has 1 aliphatic carbocycles. The highest BCUT2D eigenvalue weighted by molar-refractivity contribution is 7.89. The number of nitrogens with zero attached hydrogens (tertiary/aromatic N) is 3. The first-order valence-electron chi connectivity index (χ1n) is 14.0. The number of hydrogen-bond acceptors (Lipinski definition) is 8. The second-order valence-electron chi connectivity index (χ2n) is 11.1. The van der Waals surface area contributed by atoms with Crippen LogP contribution in [0, 0.1) is 11.8 Å². The van der Waals surface area contributed by atoms with Crippen LogP contribution in [0.1, 0.15) is 63.5 Å². The van der Waals surface area contributed by atoms with Gasteiger partial charge in [-0.05, 0) is 42.0 Å². The molecule has 1 amide bonds. The van der Waals surface area contributed by atoms with Crippen molar-refractivity contribution in [2.24, 2.45) is 17.0 Å². The number of sulfonamides is 1. The van der Waals surface area contributed by atoms with Gasteiger partial charge in [0.25, 0.3) is 5.95 Å². The van der Waals surface area contributed by atoms with E-state index < -0.39 is 28.3 Å². The standard InChI is InChI=1S/C29H39N3O8S/c1-20(2)17-31(41(37,38)23-12-10-22(11-13-23)16-30-36)18-27(33)25(15-21-7-4-3-5-8-21)32(29(34)35)26-19-40-28-24(26)9-6-14-39-28/h6,10-14,16,19-21,25,27,33,36H,3-5,7-9,15,17-18H2,1-2H3,(H,34,35)/b30-16+/t25-,27+/m0/s1. The normalized spacial score (nSPS) is 17.5. The Balaban J connectivity index is 1.68. The zero-order chi connectivity index (χ0) is 29.6. The molecule has 0 bridgehead atoms. The van der Waals surface area contributed by atoms with Crippen molar-refractivity contribution in [1.29, 1.82) is 0 Å². The Morgan fingerprint density at radius 3 is 2.49 bits per heavy atom. The van der Waals surface area contributed by atoms with Gasteiger partial charge in [0.05, 0.1) is 40.8 Å². The number of ether oxygens (including phenoxy) is 1. The molecule has 224 valence electrons. The van der Waals surface area contributed by atoms with Crippen molar-refractivity contribution >= 4 is 28.0 Å². The Morgan fingerprint density at radius 2 is 1.85 bits per heavy atom. The van der Waals surface area contributed by atoms with Crippen LogP contribution in [0.3, 0.4) is 0 Å². The van der Waals surface area contributed by atoms with Gasteiger partial charge in [-0.15, -0.1) is 0 Å². The Bertz CT molecular complexity index is 1330. The SMILES string of the molecule is CC(C)CN(C[C@@H](O)[C@H](CC1CCCCC1)N(C(=O)O)c1coc2c1CC=CO2)S(=O)(=O)c1ccc(/C=N/O)cc1. The van der Waals surface area contributed by atoms with Gasteiger partial charge < -0.3 is 24.6 Å². The van der Waals surface area contributed by atoms with Crippen LogP contribution in [0.4, 0.5) is 10.5 Å². The highest BCUT2D eigenvalue weighted by Crippen LogP contribution is 2.39. The van der Waals surface area contributed by atoms with Crippen LogP contribution in [0.25, 0.3) is 0 Å². The smallest absolute Gasteiger partial charge is 0.412 e. The van der Waals surface area contributed by atoms with Gasteiger partial charge in [0.15, 0.2) is 0 Å². The predicted molar refractivity (Wildman–Crippen MR) is 153 cm³/mol. The monoisotopic (exact) mass is 589 g/mol. The molecule has 1 aromatic carbocycles. The van der Waals surface area contributed by atoms with E-state index in [1.165, 1.54) is 47.3 Å². The molecule has 4 rings (SSSR count). The van der Waals surface area contributed by atoms with E-state index in [0.717, 1.165) is 37.0 Å². The van der Waals surface area contributed by atoms with Gasteiger partial charge in [0.1, 0.15) is 6.26 Å². The summed E-state index contributed by atoms with van der Waals surface area (Å²) in [6.45, 7) is 3.59. The number of rotatable bonds is 12. The molecule has 3 N–H and O–H groups in total. The minimum absolute atomic E-state index is 0.0206. The quantitative estimate of drug-likeness (QED) is 0.176. The number of benzene rings is 1. The largest absolute Gasteiger partial charge is 0.465 e. The fourth-order valence-corrected chi connectivity index (χ4v) is 7.32. The maximum Gasteiger partial charge on any atom is 0.412 e. The number of carboxylic acid groups (broad SMARTS) is 1. The molecular formula is C29H39N3O8S. The average Bonchev–Trinajstić information content (AvgIpc) is 3.36. The Kier molecular flexibility index (Phi) is 10.1. The summed E-state index contributed by atoms with van der Waals surface area (Å²) in [6, 6.07) is 4.96. The van der Waals surface area contributed by atoms with E-state index in [1.807, 2.05) is 13.8 Å². The number of allylic oxidation sites excluding steroid dienone is 1. The highest BCUT2D eigenvalue weighted by Gasteiger charge is 2.39. The third kappa shape index (κ3) is 7.30. The lowest BCUT2D eigenvalue weighted by Crippen LogP contribution is -2.53. The van der Waals surface area contributed by atoms with Crippen molar-refractivity contribution in [2.75, 3.05) is 18.0 Å². The molecular weight excluding hydrogens is 550 g/mol. The lowest BCUT2D eigenvalue weighted by atomic mass is 9.83. The molecule has 0 unspecified atom stereocenters. The van der Waals surface area contributed by atoms with E-state index in [-0.39, 0.29) is 41.5 Å². The second-order valence-corrected chi connectivity index (χ2v) is 13.1. The van der Waals surface area contributed by atoms with Crippen LogP contribution >= 0.6 is 0 Å². The van der Waals surface area contributed by atoms with Crippen molar-refractivity contribution in [2.45, 2.75) is 75.8 Å². The number of anilines is 1. The van der Waals surface area contributed by atoms with Crippen molar-refractivity contribution in [3.63, 3.8) is 0 Å². The van der Waals surface area contributed by atoms with E-state index in [1.54, 1.807) is 6.08 Å². The average molecular weight is 590 g/mol. The van der Waals surface area contributed by atoms with E-state index >= 15 is 0 Å². The van der Waals surface area contributed by atoms with Crippen molar-refractivity contribution < 1.29 is 37.8 Å². The molecule has 1 aromatic heterocycles. The molecule has 41 heavy (non-hydrogen) atoms. The van der Waals surface area contributed by atoms with Crippen molar-refractivity contribution in [3.05, 3.63) is 54.0 Å². The molecule has 1 fully saturated rings. The zero-order valence-electron chi connectivity index (χ0n) is 23.4. The van der Waals surface area contributed by atoms with Crippen molar-refractivity contribution in [3.8, 4) is 5.95 Å². The molecule has 1 saturated carbocycles. The van der Waals surface area contributed by atoms with Crippen LogP contribution in [0.2, 0.25) is 0 Å². The topological polar surface area (TPSA) is 153 Å². The minimum atomic E-state index is -4.05. The van der Waals surface area contributed by atoms with E-state index in [9.17, 15) is 23.4 Å². The zero-order valence-corrected chi connectivity index (χ0v) is 24.2. The van der Waals surface area contributed by atoms with Gasteiger partial charge in [-0.25, -0.2) is 13.2 Å². The summed E-state index contributed by atoms with van der Waals surface area (Å²) < 4.78 is 39.7. The third-order valence-corrected chi connectivity index (χ3v) is 9.50. The highest BCUT2D eigenvalue weighted by atomic mass is 32.2. The number of hydrogen-bond donors (Lipinski definition) is 3. The first-order chi connectivity index (χ1) is 19.6. The molecule has 0 spiro atoms. The van der Waals surface area contributed by atoms with Gasteiger partial charge >= 0.3 is 6.09 Å². The number of furan rings is 1. The van der Waals surface area contributed by atoms with Gasteiger partial charge in [0.2, 0.25) is 10.0 Å². The summed E-state index contributed by atoms with van der Waals surface area (Å²) in [5.41, 5.74) is 1.37. The molecule has 0 saturated heterocycles. The maximum atomic E-state index is 13.8. The second kappa shape index (κ2) is 13.5. The summed E-state index contributed by atoms with van der Waals surface area (Å²) in [4.78, 5) is 13.9. The van der Waals surface area contributed by atoms with Crippen LogP contribution in [-0.2, 0) is 16.4 Å². The molecule has 12 heteroatoms. The van der Waals surface area contributed by atoms with Gasteiger partial charge in [-0.2, -0.15) is 4.31 Å². The number of carbonyl (C=O) groups is 1. The van der Waals surface area contributed by atoms with E-state index in [4.69, 9.17) is 14.4 Å². The van der Waals surface area contributed by atoms with Gasteiger partial charge in [-0.3, -0.25) is 4.90 Å². The number of amides is 1. The van der Waals surface area contributed by atoms with Crippen LogP contribution < -0.4 is 9.64 Å². The number of fused-ring (bicyclic) bond motifs is 1. The summed E-state index contributed by atoms with van der Waals surface area (Å²) in [5.74, 6) is 0.341. The Labute approximate surface area is 240 Å². The fraction of sp³-hybridized carbons (Fsp3) is 0.517. The number of aliphatic hydroxyl groups is 1. The summed E-state index contributed by atoms with van der Waals surface area (Å²) in [6.07, 6.45) is 8.98. The summed E-state index contributed by atoms with van der Waals surface area (Å²) >= 11 is 0. The maximum absolute atomic E-state index is 13.8. The number of aliphatic hydroxyl groups excluding tert-OH is 1. The number of oxime groups is 1. The van der Waals surface area contributed by atoms with Crippen LogP contribution in [0.5, 0.6) is 5.95 Å². The van der Waals surface area contributed by atoms with Crippen LogP contribution in [-0.4, -0.2) is 65.7 Å². The Hall–Kier alpha value is -3.35. The predicted octanol–water partition coefficient (Wildman–Crippen LogP) is 5.07. The van der Waals surface area contributed by atoms with E-state index in [2.05, 4.69) is 5.16 Å². The minimum Gasteiger partial charge on any atom is -0.465 e. The van der Waals surface area contributed by atoms with E-state index in [0.29, 0.717) is 24.0 Å². The first-order valence-corrected chi connectivity index (χ1v) is 15.5.